The van der Waals surface area contributed by atoms with Crippen molar-refractivity contribution < 1.29 is 36.3 Å². The number of carbonyl (C=O) groups excluding carboxylic acids is 2. The SMILES string of the molecule is CC(C)(C)OC(=O)NCCCCCCNC(=O)c1coc(CN(Cc2ccc(C(F)(F)F)cc2)Cc2ccco2)n1. The molecule has 0 saturated carbocycles. The standard InChI is InChI=1S/C29H37F3N4O5/c1-28(2,3)41-27(38)34-15-7-5-4-6-14-33-26(37)24-20-40-25(35-24)19-36(18-23-9-8-16-39-23)17-21-10-12-22(13-11-21)29(30,31)32/h8-13,16,20H,4-7,14-15,17-19H2,1-3H3,(H,33,37)(H,34,38). The van der Waals surface area contributed by atoms with E-state index in [4.69, 9.17) is 13.6 Å². The van der Waals surface area contributed by atoms with Crippen molar-refractivity contribution in [2.45, 2.75) is 77.9 Å². The Bertz CT molecular complexity index is 1220. The van der Waals surface area contributed by atoms with Gasteiger partial charge in [0, 0.05) is 19.6 Å². The van der Waals surface area contributed by atoms with Gasteiger partial charge in [0.05, 0.1) is 24.9 Å². The van der Waals surface area contributed by atoms with Gasteiger partial charge in [-0.15, -0.1) is 0 Å². The maximum absolute atomic E-state index is 12.9. The summed E-state index contributed by atoms with van der Waals surface area (Å²) in [5.74, 6) is 0.611. The molecule has 12 heteroatoms. The fourth-order valence-corrected chi connectivity index (χ4v) is 3.93. The lowest BCUT2D eigenvalue weighted by molar-refractivity contribution is -0.137. The van der Waals surface area contributed by atoms with Crippen molar-refractivity contribution in [1.82, 2.24) is 20.5 Å². The monoisotopic (exact) mass is 578 g/mol. The summed E-state index contributed by atoms with van der Waals surface area (Å²) in [7, 11) is 0. The van der Waals surface area contributed by atoms with Crippen LogP contribution in [0.3, 0.4) is 0 Å². The molecule has 0 aliphatic heterocycles. The van der Waals surface area contributed by atoms with Crippen molar-refractivity contribution in [2.24, 2.45) is 0 Å². The lowest BCUT2D eigenvalue weighted by Crippen LogP contribution is -2.33. The number of benzene rings is 1. The number of ether oxygens (including phenoxy) is 1. The highest BCUT2D eigenvalue weighted by Crippen LogP contribution is 2.29. The summed E-state index contributed by atoms with van der Waals surface area (Å²) in [6.45, 7) is 7.33. The van der Waals surface area contributed by atoms with E-state index in [9.17, 15) is 22.8 Å². The average Bonchev–Trinajstić information content (AvgIpc) is 3.56. The fourth-order valence-electron chi connectivity index (χ4n) is 3.93. The van der Waals surface area contributed by atoms with Crippen LogP contribution >= 0.6 is 0 Å². The Labute approximate surface area is 237 Å². The van der Waals surface area contributed by atoms with E-state index < -0.39 is 23.4 Å². The smallest absolute Gasteiger partial charge is 0.416 e. The van der Waals surface area contributed by atoms with Crippen molar-refractivity contribution in [2.75, 3.05) is 13.1 Å². The van der Waals surface area contributed by atoms with Crippen molar-refractivity contribution in [1.29, 1.82) is 0 Å². The molecule has 0 aliphatic rings. The highest BCUT2D eigenvalue weighted by Gasteiger charge is 2.30. The van der Waals surface area contributed by atoms with Crippen LogP contribution in [0.4, 0.5) is 18.0 Å². The Morgan fingerprint density at radius 3 is 2.20 bits per heavy atom. The fraction of sp³-hybridized carbons (Fsp3) is 0.483. The van der Waals surface area contributed by atoms with Gasteiger partial charge in [-0.2, -0.15) is 13.2 Å². The normalized spacial score (nSPS) is 12.0. The number of aromatic nitrogens is 1. The van der Waals surface area contributed by atoms with Crippen LogP contribution in [-0.2, 0) is 30.5 Å². The molecule has 224 valence electrons. The third-order valence-corrected chi connectivity index (χ3v) is 5.85. The van der Waals surface area contributed by atoms with Gasteiger partial charge in [-0.05, 0) is 63.4 Å². The molecule has 2 amide bonds. The summed E-state index contributed by atoms with van der Waals surface area (Å²) in [6, 6.07) is 8.52. The number of hydrogen-bond donors (Lipinski definition) is 2. The number of nitrogens with one attached hydrogen (secondary N) is 2. The number of rotatable bonds is 14. The van der Waals surface area contributed by atoms with Crippen molar-refractivity contribution in [3.63, 3.8) is 0 Å². The molecule has 2 heterocycles. The lowest BCUT2D eigenvalue weighted by atomic mass is 10.1. The Morgan fingerprint density at radius 2 is 1.59 bits per heavy atom. The lowest BCUT2D eigenvalue weighted by Gasteiger charge is -2.20. The van der Waals surface area contributed by atoms with Gasteiger partial charge in [-0.25, -0.2) is 9.78 Å². The predicted molar refractivity (Wildman–Crippen MR) is 145 cm³/mol. The number of alkyl carbamates (subject to hydrolysis) is 1. The van der Waals surface area contributed by atoms with Crippen LogP contribution < -0.4 is 10.6 Å². The number of halogens is 3. The van der Waals surface area contributed by atoms with Crippen molar-refractivity contribution in [3.05, 3.63) is 77.4 Å². The molecule has 0 fully saturated rings. The first-order valence-corrected chi connectivity index (χ1v) is 13.5. The molecule has 0 saturated heterocycles. The first kappa shape index (κ1) is 31.7. The second kappa shape index (κ2) is 14.7. The highest BCUT2D eigenvalue weighted by atomic mass is 19.4. The van der Waals surface area contributed by atoms with Crippen LogP contribution in [0.15, 0.2) is 57.8 Å². The second-order valence-corrected chi connectivity index (χ2v) is 10.6. The molecule has 0 spiro atoms. The maximum atomic E-state index is 12.9. The summed E-state index contributed by atoms with van der Waals surface area (Å²) < 4.78 is 54.9. The largest absolute Gasteiger partial charge is 0.468 e. The highest BCUT2D eigenvalue weighted by molar-refractivity contribution is 5.91. The van der Waals surface area contributed by atoms with Crippen LogP contribution in [0.2, 0.25) is 0 Å². The Hall–Kier alpha value is -3.80. The van der Waals surface area contributed by atoms with E-state index in [1.54, 1.807) is 18.4 Å². The predicted octanol–water partition coefficient (Wildman–Crippen LogP) is 6.30. The average molecular weight is 579 g/mol. The first-order valence-electron chi connectivity index (χ1n) is 13.5. The minimum atomic E-state index is -4.40. The van der Waals surface area contributed by atoms with Crippen LogP contribution in [0.1, 0.15) is 79.7 Å². The van der Waals surface area contributed by atoms with Crippen LogP contribution in [0.25, 0.3) is 0 Å². The van der Waals surface area contributed by atoms with Crippen molar-refractivity contribution >= 4 is 12.0 Å². The Kier molecular flexibility index (Phi) is 11.4. The molecule has 0 unspecified atom stereocenters. The maximum Gasteiger partial charge on any atom is 0.416 e. The molecule has 3 rings (SSSR count). The van der Waals surface area contributed by atoms with Crippen LogP contribution in [0.5, 0.6) is 0 Å². The van der Waals surface area contributed by atoms with Gasteiger partial charge in [0.2, 0.25) is 5.89 Å². The first-order chi connectivity index (χ1) is 19.4. The molecule has 3 aromatic rings. The van der Waals surface area contributed by atoms with E-state index >= 15 is 0 Å². The molecule has 0 atom stereocenters. The van der Waals surface area contributed by atoms with E-state index in [1.807, 2.05) is 25.7 Å². The van der Waals surface area contributed by atoms with Gasteiger partial charge in [0.1, 0.15) is 17.6 Å². The van der Waals surface area contributed by atoms with Gasteiger partial charge in [-0.3, -0.25) is 9.69 Å². The van der Waals surface area contributed by atoms with E-state index in [2.05, 4.69) is 15.6 Å². The van der Waals surface area contributed by atoms with Gasteiger partial charge in [0.15, 0.2) is 5.69 Å². The molecular weight excluding hydrogens is 541 g/mol. The Morgan fingerprint density at radius 1 is 0.902 bits per heavy atom. The molecule has 0 aliphatic carbocycles. The quantitative estimate of drug-likeness (QED) is 0.216. The number of amides is 2. The number of furan rings is 1. The van der Waals surface area contributed by atoms with Gasteiger partial charge in [0.25, 0.3) is 5.91 Å². The zero-order chi connectivity index (χ0) is 29.9. The number of unbranched alkanes of at least 4 members (excludes halogenated alkanes) is 3. The van der Waals surface area contributed by atoms with Gasteiger partial charge in [-0.1, -0.05) is 25.0 Å². The zero-order valence-corrected chi connectivity index (χ0v) is 23.6. The molecule has 9 nitrogen and oxygen atoms in total. The Balaban J connectivity index is 1.43. The molecular formula is C29H37F3N4O5. The number of alkyl halides is 3. The summed E-state index contributed by atoms with van der Waals surface area (Å²) in [4.78, 5) is 30.3. The van der Waals surface area contributed by atoms with Crippen LogP contribution in [0, 0.1) is 0 Å². The van der Waals surface area contributed by atoms with Crippen molar-refractivity contribution in [3.8, 4) is 0 Å². The molecule has 2 aromatic heterocycles. The van der Waals surface area contributed by atoms with E-state index in [1.165, 1.54) is 18.4 Å². The summed E-state index contributed by atoms with van der Waals surface area (Å²) >= 11 is 0. The summed E-state index contributed by atoms with van der Waals surface area (Å²) in [5, 5.41) is 5.54. The number of carbonyl (C=O) groups is 2. The topological polar surface area (TPSA) is 110 Å². The summed E-state index contributed by atoms with van der Waals surface area (Å²) in [5.41, 5.74) is -0.414. The summed E-state index contributed by atoms with van der Waals surface area (Å²) in [6.07, 6.45) is 1.35. The number of nitrogens with zero attached hydrogens (tertiary/aromatic N) is 2. The van der Waals surface area contributed by atoms with Gasteiger partial charge >= 0.3 is 12.3 Å². The zero-order valence-electron chi connectivity index (χ0n) is 23.6. The van der Waals surface area contributed by atoms with Crippen LogP contribution in [-0.4, -0.2) is 40.6 Å². The van der Waals surface area contributed by atoms with E-state index in [0.717, 1.165) is 37.8 Å². The number of hydrogen-bond acceptors (Lipinski definition) is 7. The third kappa shape index (κ3) is 11.7. The van der Waals surface area contributed by atoms with Gasteiger partial charge < -0.3 is 24.2 Å². The molecule has 2 N–H and O–H groups in total. The molecule has 0 radical (unpaired) electrons. The van der Waals surface area contributed by atoms with E-state index in [-0.39, 0.29) is 18.1 Å². The number of oxazole rings is 1. The molecule has 41 heavy (non-hydrogen) atoms. The minimum absolute atomic E-state index is 0.147. The molecule has 1 aromatic carbocycles. The third-order valence-electron chi connectivity index (χ3n) is 5.85. The van der Waals surface area contributed by atoms with E-state index in [0.29, 0.717) is 43.4 Å². The molecule has 0 bridgehead atoms. The minimum Gasteiger partial charge on any atom is -0.468 e. The second-order valence-electron chi connectivity index (χ2n) is 10.6.